The Morgan fingerprint density at radius 2 is 2.00 bits per heavy atom. The Labute approximate surface area is 143 Å². The predicted molar refractivity (Wildman–Crippen MR) is 94.0 cm³/mol. The van der Waals surface area contributed by atoms with Crippen molar-refractivity contribution in [2.75, 3.05) is 12.4 Å². The lowest BCUT2D eigenvalue weighted by Gasteiger charge is -2.03. The van der Waals surface area contributed by atoms with Crippen LogP contribution in [0.15, 0.2) is 30.3 Å². The standard InChI is InChI=1S/C18H17NO4S/c1-23-12-8-5-11(6-9-12)7-10-15(20)19-17-16(18(21)22)13-3-2-4-14(13)24-17/h5-10H,2-4H2,1H3,(H,19,20)(H,21,22). The molecule has 0 radical (unpaired) electrons. The van der Waals surface area contributed by atoms with Crippen molar-refractivity contribution < 1.29 is 19.4 Å². The van der Waals surface area contributed by atoms with Crippen molar-refractivity contribution >= 4 is 34.3 Å². The molecule has 0 fully saturated rings. The van der Waals surface area contributed by atoms with Crippen molar-refractivity contribution in [2.24, 2.45) is 0 Å². The fraction of sp³-hybridized carbons (Fsp3) is 0.222. The molecule has 2 N–H and O–H groups in total. The van der Waals surface area contributed by atoms with E-state index in [0.29, 0.717) is 5.00 Å². The minimum atomic E-state index is -0.983. The van der Waals surface area contributed by atoms with Crippen LogP contribution in [0.5, 0.6) is 5.75 Å². The lowest BCUT2D eigenvalue weighted by molar-refractivity contribution is -0.111. The molecular weight excluding hydrogens is 326 g/mol. The molecule has 2 aromatic rings. The monoisotopic (exact) mass is 343 g/mol. The van der Waals surface area contributed by atoms with Crippen LogP contribution < -0.4 is 10.1 Å². The molecule has 0 spiro atoms. The highest BCUT2D eigenvalue weighted by atomic mass is 32.1. The average Bonchev–Trinajstić information content (AvgIpc) is 3.13. The van der Waals surface area contributed by atoms with Gasteiger partial charge in [-0.25, -0.2) is 4.79 Å². The maximum absolute atomic E-state index is 12.1. The van der Waals surface area contributed by atoms with E-state index in [-0.39, 0.29) is 11.5 Å². The van der Waals surface area contributed by atoms with Gasteiger partial charge in [0, 0.05) is 11.0 Å². The number of anilines is 1. The van der Waals surface area contributed by atoms with Gasteiger partial charge >= 0.3 is 5.97 Å². The van der Waals surface area contributed by atoms with E-state index in [4.69, 9.17) is 4.74 Å². The van der Waals surface area contributed by atoms with Crippen LogP contribution in [0.25, 0.3) is 6.08 Å². The van der Waals surface area contributed by atoms with E-state index in [0.717, 1.165) is 41.0 Å². The summed E-state index contributed by atoms with van der Waals surface area (Å²) in [7, 11) is 1.59. The summed E-state index contributed by atoms with van der Waals surface area (Å²) in [6, 6.07) is 7.30. The number of fused-ring (bicyclic) bond motifs is 1. The number of thiophene rings is 1. The zero-order valence-corrected chi connectivity index (χ0v) is 14.0. The van der Waals surface area contributed by atoms with Gasteiger partial charge in [0.2, 0.25) is 5.91 Å². The minimum absolute atomic E-state index is 0.249. The smallest absolute Gasteiger partial charge is 0.339 e. The molecule has 3 rings (SSSR count). The van der Waals surface area contributed by atoms with Gasteiger partial charge in [-0.3, -0.25) is 4.79 Å². The Bertz CT molecular complexity index is 805. The lowest BCUT2D eigenvalue weighted by atomic mass is 10.1. The molecule has 1 aliphatic carbocycles. The molecule has 0 unspecified atom stereocenters. The van der Waals surface area contributed by atoms with Crippen LogP contribution in [0, 0.1) is 0 Å². The van der Waals surface area contributed by atoms with Crippen molar-refractivity contribution in [3.8, 4) is 5.75 Å². The zero-order chi connectivity index (χ0) is 17.1. The maximum atomic E-state index is 12.1. The van der Waals surface area contributed by atoms with E-state index in [1.54, 1.807) is 13.2 Å². The first-order valence-corrected chi connectivity index (χ1v) is 8.41. The number of carboxylic acids is 1. The molecule has 0 bridgehead atoms. The summed E-state index contributed by atoms with van der Waals surface area (Å²) in [6.07, 6.45) is 5.71. The second-order valence-corrected chi connectivity index (χ2v) is 6.57. The molecule has 0 aliphatic heterocycles. The molecule has 1 aliphatic rings. The molecule has 1 aromatic carbocycles. The minimum Gasteiger partial charge on any atom is -0.497 e. The number of carbonyl (C=O) groups excluding carboxylic acids is 1. The Hall–Kier alpha value is -2.60. The van der Waals surface area contributed by atoms with Crippen LogP contribution in [0.3, 0.4) is 0 Å². The predicted octanol–water partition coefficient (Wildman–Crippen LogP) is 3.60. The average molecular weight is 343 g/mol. The highest BCUT2D eigenvalue weighted by Gasteiger charge is 2.26. The number of carbonyl (C=O) groups is 2. The molecule has 0 saturated heterocycles. The van der Waals surface area contributed by atoms with Gasteiger partial charge in [-0.2, -0.15) is 0 Å². The molecule has 1 heterocycles. The summed E-state index contributed by atoms with van der Waals surface area (Å²) in [6.45, 7) is 0. The number of nitrogens with one attached hydrogen (secondary N) is 1. The topological polar surface area (TPSA) is 75.6 Å². The first kappa shape index (κ1) is 16.3. The van der Waals surface area contributed by atoms with Gasteiger partial charge in [-0.1, -0.05) is 12.1 Å². The van der Waals surface area contributed by atoms with Crippen LogP contribution in [-0.4, -0.2) is 24.1 Å². The second kappa shape index (κ2) is 6.88. The number of ether oxygens (including phenoxy) is 1. The van der Waals surface area contributed by atoms with E-state index in [9.17, 15) is 14.7 Å². The third-order valence-electron chi connectivity index (χ3n) is 3.91. The van der Waals surface area contributed by atoms with Gasteiger partial charge in [-0.15, -0.1) is 11.3 Å². The third-order valence-corrected chi connectivity index (χ3v) is 5.12. The van der Waals surface area contributed by atoms with Crippen molar-refractivity contribution in [2.45, 2.75) is 19.3 Å². The first-order valence-electron chi connectivity index (χ1n) is 7.59. The van der Waals surface area contributed by atoms with Crippen molar-refractivity contribution in [1.29, 1.82) is 0 Å². The number of carboxylic acid groups (broad SMARTS) is 1. The van der Waals surface area contributed by atoms with Crippen molar-refractivity contribution in [3.05, 3.63) is 51.9 Å². The highest BCUT2D eigenvalue weighted by molar-refractivity contribution is 7.17. The van der Waals surface area contributed by atoms with Crippen LogP contribution in [0.4, 0.5) is 5.00 Å². The number of amides is 1. The normalized spacial score (nSPS) is 13.0. The summed E-state index contributed by atoms with van der Waals surface area (Å²) < 4.78 is 5.08. The highest BCUT2D eigenvalue weighted by Crippen LogP contribution is 2.39. The van der Waals surface area contributed by atoms with Gasteiger partial charge in [0.15, 0.2) is 0 Å². The fourth-order valence-electron chi connectivity index (χ4n) is 2.76. The maximum Gasteiger partial charge on any atom is 0.339 e. The summed E-state index contributed by atoms with van der Waals surface area (Å²) >= 11 is 1.37. The third kappa shape index (κ3) is 3.33. The Morgan fingerprint density at radius 3 is 2.67 bits per heavy atom. The van der Waals surface area contributed by atoms with Crippen LogP contribution in [0.1, 0.15) is 32.8 Å². The quantitative estimate of drug-likeness (QED) is 0.814. The molecule has 24 heavy (non-hydrogen) atoms. The number of aryl methyl sites for hydroxylation is 1. The molecule has 0 atom stereocenters. The van der Waals surface area contributed by atoms with Gasteiger partial charge in [0.1, 0.15) is 10.8 Å². The van der Waals surface area contributed by atoms with Crippen LogP contribution in [-0.2, 0) is 17.6 Å². The lowest BCUT2D eigenvalue weighted by Crippen LogP contribution is -2.10. The number of hydrogen-bond acceptors (Lipinski definition) is 4. The van der Waals surface area contributed by atoms with E-state index in [2.05, 4.69) is 5.32 Å². The van der Waals surface area contributed by atoms with Crippen molar-refractivity contribution in [3.63, 3.8) is 0 Å². The molecular formula is C18H17NO4S. The molecule has 124 valence electrons. The van der Waals surface area contributed by atoms with Gasteiger partial charge < -0.3 is 15.2 Å². The number of rotatable bonds is 5. The van der Waals surface area contributed by atoms with E-state index in [1.165, 1.54) is 17.4 Å². The Kier molecular flexibility index (Phi) is 4.66. The summed E-state index contributed by atoms with van der Waals surface area (Å²) in [5.41, 5.74) is 1.98. The number of benzene rings is 1. The Morgan fingerprint density at radius 1 is 1.25 bits per heavy atom. The van der Waals surface area contributed by atoms with Crippen LogP contribution in [0.2, 0.25) is 0 Å². The zero-order valence-electron chi connectivity index (χ0n) is 13.2. The van der Waals surface area contributed by atoms with Crippen molar-refractivity contribution in [1.82, 2.24) is 0 Å². The summed E-state index contributed by atoms with van der Waals surface area (Å²) in [5, 5.41) is 12.5. The summed E-state index contributed by atoms with van der Waals surface area (Å²) in [5.74, 6) is -0.576. The number of methoxy groups -OCH3 is 1. The van der Waals surface area contributed by atoms with Gasteiger partial charge in [-0.05, 0) is 48.6 Å². The molecule has 0 saturated carbocycles. The fourth-order valence-corrected chi connectivity index (χ4v) is 4.04. The number of hydrogen-bond donors (Lipinski definition) is 2. The second-order valence-electron chi connectivity index (χ2n) is 5.46. The largest absolute Gasteiger partial charge is 0.497 e. The van der Waals surface area contributed by atoms with Gasteiger partial charge in [0.05, 0.1) is 12.7 Å². The Balaban J connectivity index is 1.73. The van der Waals surface area contributed by atoms with Gasteiger partial charge in [0.25, 0.3) is 0 Å². The molecule has 6 heteroatoms. The first-order chi connectivity index (χ1) is 11.6. The molecule has 1 amide bonds. The van der Waals surface area contributed by atoms with E-state index in [1.807, 2.05) is 24.3 Å². The van der Waals surface area contributed by atoms with Crippen LogP contribution >= 0.6 is 11.3 Å². The summed E-state index contributed by atoms with van der Waals surface area (Å²) in [4.78, 5) is 24.7. The number of aromatic carboxylic acids is 1. The van der Waals surface area contributed by atoms with E-state index >= 15 is 0 Å². The molecule has 5 nitrogen and oxygen atoms in total. The van der Waals surface area contributed by atoms with E-state index < -0.39 is 5.97 Å². The molecule has 1 aromatic heterocycles. The SMILES string of the molecule is COc1ccc(C=CC(=O)Nc2sc3c(c2C(=O)O)CCC3)cc1.